The molecule has 0 radical (unpaired) electrons. The number of nitrogen functional groups attached to an aromatic ring is 1. The summed E-state index contributed by atoms with van der Waals surface area (Å²) in [5, 5.41) is 3.42. The van der Waals surface area contributed by atoms with Crippen molar-refractivity contribution in [3.8, 4) is 5.88 Å². The molecule has 2 rings (SSSR count). The molecule has 0 aliphatic heterocycles. The van der Waals surface area contributed by atoms with E-state index in [2.05, 4.69) is 17.2 Å². The summed E-state index contributed by atoms with van der Waals surface area (Å²) in [5.41, 5.74) is 6.21. The van der Waals surface area contributed by atoms with E-state index in [0.717, 1.165) is 24.2 Å². The van der Waals surface area contributed by atoms with Crippen molar-refractivity contribution in [2.75, 3.05) is 17.6 Å². The van der Waals surface area contributed by atoms with E-state index in [-0.39, 0.29) is 5.60 Å². The third-order valence-electron chi connectivity index (χ3n) is 3.88. The van der Waals surface area contributed by atoms with Crippen molar-refractivity contribution in [2.24, 2.45) is 11.8 Å². The van der Waals surface area contributed by atoms with Crippen LogP contribution in [0.4, 0.5) is 11.5 Å². The first-order chi connectivity index (χ1) is 9.35. The van der Waals surface area contributed by atoms with E-state index < -0.39 is 0 Å². The van der Waals surface area contributed by atoms with Crippen molar-refractivity contribution in [1.29, 1.82) is 0 Å². The van der Waals surface area contributed by atoms with Gasteiger partial charge in [0.1, 0.15) is 11.4 Å². The largest absolute Gasteiger partial charge is 0.470 e. The van der Waals surface area contributed by atoms with E-state index in [1.54, 1.807) is 0 Å². The summed E-state index contributed by atoms with van der Waals surface area (Å²) in [7, 11) is 0. The maximum Gasteiger partial charge on any atom is 0.239 e. The van der Waals surface area contributed by atoms with Gasteiger partial charge < -0.3 is 15.8 Å². The van der Waals surface area contributed by atoms with Crippen molar-refractivity contribution in [2.45, 2.75) is 52.6 Å². The maximum atomic E-state index is 5.92. The summed E-state index contributed by atoms with van der Waals surface area (Å²) in [4.78, 5) is 4.49. The number of nitrogens with zero attached hydrogens (tertiary/aromatic N) is 1. The molecular weight excluding hydrogens is 250 g/mol. The van der Waals surface area contributed by atoms with Crippen LogP contribution in [-0.2, 0) is 0 Å². The van der Waals surface area contributed by atoms with Crippen LogP contribution in [0.2, 0.25) is 0 Å². The fourth-order valence-corrected chi connectivity index (χ4v) is 2.68. The fraction of sp³-hybridized carbons (Fsp3) is 0.688. The molecule has 1 fully saturated rings. The average molecular weight is 277 g/mol. The van der Waals surface area contributed by atoms with E-state index >= 15 is 0 Å². The normalized spacial score (nSPS) is 22.8. The molecule has 0 bridgehead atoms. The Hall–Kier alpha value is -1.45. The van der Waals surface area contributed by atoms with Gasteiger partial charge in [-0.3, -0.25) is 0 Å². The van der Waals surface area contributed by atoms with Gasteiger partial charge in [0.05, 0.1) is 5.69 Å². The van der Waals surface area contributed by atoms with Crippen LogP contribution in [0.15, 0.2) is 12.1 Å². The van der Waals surface area contributed by atoms with Gasteiger partial charge in [-0.2, -0.15) is 4.98 Å². The molecule has 1 aliphatic rings. The summed E-state index contributed by atoms with van der Waals surface area (Å²) in [6.45, 7) is 9.30. The van der Waals surface area contributed by atoms with Crippen LogP contribution >= 0.6 is 0 Å². The summed E-state index contributed by atoms with van der Waals surface area (Å²) >= 11 is 0. The Morgan fingerprint density at radius 1 is 1.35 bits per heavy atom. The third-order valence-corrected chi connectivity index (χ3v) is 3.88. The lowest BCUT2D eigenvalue weighted by Gasteiger charge is -2.22. The molecule has 4 nitrogen and oxygen atoms in total. The Kier molecular flexibility index (Phi) is 4.41. The monoisotopic (exact) mass is 277 g/mol. The number of nitrogens with one attached hydrogen (secondary N) is 1. The Balaban J connectivity index is 2.00. The van der Waals surface area contributed by atoms with Crippen molar-refractivity contribution in [3.63, 3.8) is 0 Å². The van der Waals surface area contributed by atoms with Crippen molar-refractivity contribution in [3.05, 3.63) is 12.1 Å². The van der Waals surface area contributed by atoms with Gasteiger partial charge in [-0.1, -0.05) is 19.8 Å². The molecule has 1 aromatic heterocycles. The minimum Gasteiger partial charge on any atom is -0.470 e. The molecule has 1 aliphatic carbocycles. The number of hydrogen-bond acceptors (Lipinski definition) is 4. The van der Waals surface area contributed by atoms with E-state index in [1.165, 1.54) is 19.3 Å². The number of rotatable bonds is 4. The van der Waals surface area contributed by atoms with Crippen LogP contribution in [0.3, 0.4) is 0 Å². The van der Waals surface area contributed by atoms with Gasteiger partial charge in [-0.05, 0) is 51.2 Å². The highest BCUT2D eigenvalue weighted by molar-refractivity contribution is 5.53. The quantitative estimate of drug-likeness (QED) is 0.881. The van der Waals surface area contributed by atoms with Gasteiger partial charge in [-0.15, -0.1) is 0 Å². The number of pyridine rings is 1. The molecule has 112 valence electrons. The Morgan fingerprint density at radius 3 is 2.70 bits per heavy atom. The van der Waals surface area contributed by atoms with E-state index in [0.29, 0.717) is 11.6 Å². The predicted octanol–water partition coefficient (Wildman–Crippen LogP) is 3.69. The first-order valence-corrected chi connectivity index (χ1v) is 7.54. The molecule has 1 aromatic rings. The highest BCUT2D eigenvalue weighted by atomic mass is 16.5. The fourth-order valence-electron chi connectivity index (χ4n) is 2.68. The SMILES string of the molecule is CC1CCCC1CNc1ccc(N)c(OC(C)(C)C)n1. The molecule has 2 unspecified atom stereocenters. The van der Waals surface area contributed by atoms with Crippen LogP contribution in [0, 0.1) is 11.8 Å². The van der Waals surface area contributed by atoms with Crippen LogP contribution in [0.1, 0.15) is 47.0 Å². The zero-order chi connectivity index (χ0) is 14.8. The van der Waals surface area contributed by atoms with Crippen molar-refractivity contribution < 1.29 is 4.74 Å². The highest BCUT2D eigenvalue weighted by Crippen LogP contribution is 2.31. The standard InChI is InChI=1S/C16H27N3O/c1-11-6-5-7-12(11)10-18-14-9-8-13(17)15(19-14)20-16(2,3)4/h8-9,11-12H,5-7,10,17H2,1-4H3,(H,18,19). The number of ether oxygens (including phenoxy) is 1. The van der Waals surface area contributed by atoms with Crippen LogP contribution in [0.25, 0.3) is 0 Å². The number of nitrogens with two attached hydrogens (primary N) is 1. The molecule has 0 spiro atoms. The summed E-state index contributed by atoms with van der Waals surface area (Å²) in [6, 6.07) is 3.78. The van der Waals surface area contributed by atoms with Gasteiger partial charge in [0.15, 0.2) is 0 Å². The summed E-state index contributed by atoms with van der Waals surface area (Å²) in [5.74, 6) is 2.92. The zero-order valence-corrected chi connectivity index (χ0v) is 13.1. The Labute approximate surface area is 122 Å². The number of hydrogen-bond donors (Lipinski definition) is 2. The maximum absolute atomic E-state index is 5.92. The second-order valence-corrected chi connectivity index (χ2v) is 6.85. The van der Waals surface area contributed by atoms with E-state index in [4.69, 9.17) is 10.5 Å². The van der Waals surface area contributed by atoms with Gasteiger partial charge in [0, 0.05) is 6.54 Å². The number of aromatic nitrogens is 1. The van der Waals surface area contributed by atoms with Gasteiger partial charge in [0.25, 0.3) is 0 Å². The zero-order valence-electron chi connectivity index (χ0n) is 13.1. The van der Waals surface area contributed by atoms with Crippen LogP contribution in [0.5, 0.6) is 5.88 Å². The summed E-state index contributed by atoms with van der Waals surface area (Å²) < 4.78 is 5.79. The van der Waals surface area contributed by atoms with Crippen molar-refractivity contribution in [1.82, 2.24) is 4.98 Å². The van der Waals surface area contributed by atoms with Gasteiger partial charge >= 0.3 is 0 Å². The second-order valence-electron chi connectivity index (χ2n) is 6.85. The molecule has 0 saturated heterocycles. The lowest BCUT2D eigenvalue weighted by Crippen LogP contribution is -2.24. The van der Waals surface area contributed by atoms with Crippen LogP contribution in [-0.4, -0.2) is 17.1 Å². The summed E-state index contributed by atoms with van der Waals surface area (Å²) in [6.07, 6.45) is 4.01. The Morgan fingerprint density at radius 2 is 2.10 bits per heavy atom. The topological polar surface area (TPSA) is 60.2 Å². The molecule has 1 saturated carbocycles. The van der Waals surface area contributed by atoms with Crippen LogP contribution < -0.4 is 15.8 Å². The van der Waals surface area contributed by atoms with Gasteiger partial charge in [-0.25, -0.2) is 0 Å². The highest BCUT2D eigenvalue weighted by Gasteiger charge is 2.23. The lowest BCUT2D eigenvalue weighted by atomic mass is 9.98. The molecule has 4 heteroatoms. The van der Waals surface area contributed by atoms with E-state index in [9.17, 15) is 0 Å². The van der Waals surface area contributed by atoms with E-state index in [1.807, 2.05) is 32.9 Å². The minimum absolute atomic E-state index is 0.292. The smallest absolute Gasteiger partial charge is 0.239 e. The Bertz CT molecular complexity index is 454. The lowest BCUT2D eigenvalue weighted by molar-refractivity contribution is 0.125. The minimum atomic E-state index is -0.292. The van der Waals surface area contributed by atoms with Gasteiger partial charge in [0.2, 0.25) is 5.88 Å². The molecule has 0 amide bonds. The molecule has 1 heterocycles. The molecule has 0 aromatic carbocycles. The second kappa shape index (κ2) is 5.90. The molecule has 2 atom stereocenters. The number of anilines is 2. The molecule has 20 heavy (non-hydrogen) atoms. The predicted molar refractivity (Wildman–Crippen MR) is 84.0 cm³/mol. The first-order valence-electron chi connectivity index (χ1n) is 7.54. The third kappa shape index (κ3) is 4.02. The molecule has 3 N–H and O–H groups in total. The molecular formula is C16H27N3O. The average Bonchev–Trinajstić information content (AvgIpc) is 2.74. The van der Waals surface area contributed by atoms with Crippen molar-refractivity contribution >= 4 is 11.5 Å². The first kappa shape index (κ1) is 14.9.